The molecule has 0 spiro atoms. The van der Waals surface area contributed by atoms with Gasteiger partial charge in [-0.3, -0.25) is 23.6 Å². The Balaban J connectivity index is 1.09. The van der Waals surface area contributed by atoms with Crippen LogP contribution in [0.2, 0.25) is 5.02 Å². The van der Waals surface area contributed by atoms with E-state index in [9.17, 15) is 14.4 Å². The average molecular weight is 760 g/mol. The number of amides is 2. The van der Waals surface area contributed by atoms with E-state index >= 15 is 0 Å². The number of nitrogens with one attached hydrogen (secondary N) is 2. The van der Waals surface area contributed by atoms with E-state index in [1.54, 1.807) is 17.8 Å². The van der Waals surface area contributed by atoms with Crippen molar-refractivity contribution in [2.45, 2.75) is 89.4 Å². The summed E-state index contributed by atoms with van der Waals surface area (Å²) in [7, 11) is 1.79. The minimum atomic E-state index is -0.397. The molecule has 2 aromatic carbocycles. The topological polar surface area (TPSA) is 125 Å². The average Bonchev–Trinajstić information content (AvgIpc) is 3.79. The van der Waals surface area contributed by atoms with Crippen LogP contribution in [0.4, 0.5) is 10.7 Å². The van der Waals surface area contributed by atoms with Gasteiger partial charge in [0.15, 0.2) is 11.0 Å². The number of anilines is 2. The summed E-state index contributed by atoms with van der Waals surface area (Å²) in [5, 5.41) is 16.8. The third-order valence-electron chi connectivity index (χ3n) is 9.95. The van der Waals surface area contributed by atoms with Gasteiger partial charge in [-0.2, -0.15) is 0 Å². The zero-order valence-corrected chi connectivity index (χ0v) is 31.9. The fourth-order valence-corrected chi connectivity index (χ4v) is 9.56. The third-order valence-corrected chi connectivity index (χ3v) is 12.3. The number of halogens is 1. The SMILES string of the molecule is Cc1cc(Cl)ccc1OCc1nnc(SCC(=O)Nc2sc3c(c2C(=O)Nc2c(C)n(C)n(-c4ccccc4)c2=O)CCCC3)n1C1CCCCC1. The van der Waals surface area contributed by atoms with Gasteiger partial charge in [-0.05, 0) is 93.8 Å². The summed E-state index contributed by atoms with van der Waals surface area (Å²) < 4.78 is 11.6. The van der Waals surface area contributed by atoms with Crippen LogP contribution >= 0.6 is 34.7 Å². The molecule has 0 atom stereocenters. The Kier molecular flexibility index (Phi) is 10.9. The third kappa shape index (κ3) is 7.44. The second-order valence-electron chi connectivity index (χ2n) is 13.4. The van der Waals surface area contributed by atoms with E-state index in [2.05, 4.69) is 25.4 Å². The zero-order valence-electron chi connectivity index (χ0n) is 29.5. The van der Waals surface area contributed by atoms with E-state index in [0.717, 1.165) is 78.9 Å². The van der Waals surface area contributed by atoms with Crippen LogP contribution in [0.3, 0.4) is 0 Å². The predicted molar refractivity (Wildman–Crippen MR) is 207 cm³/mol. The highest BCUT2D eigenvalue weighted by atomic mass is 35.5. The summed E-state index contributed by atoms with van der Waals surface area (Å²) in [5.41, 5.74) is 3.55. The van der Waals surface area contributed by atoms with Crippen LogP contribution in [0.15, 0.2) is 58.5 Å². The summed E-state index contributed by atoms with van der Waals surface area (Å²) in [6.45, 7) is 4.01. The summed E-state index contributed by atoms with van der Waals surface area (Å²) in [5.74, 6) is 0.903. The number of hydrogen-bond donors (Lipinski definition) is 2. The molecule has 0 radical (unpaired) electrons. The molecule has 2 aliphatic carbocycles. The van der Waals surface area contributed by atoms with Crippen molar-refractivity contribution in [3.8, 4) is 11.4 Å². The number of aryl methyl sites for hydroxylation is 2. The Bertz CT molecular complexity index is 2170. The van der Waals surface area contributed by atoms with E-state index in [1.807, 2.05) is 56.3 Å². The number of benzene rings is 2. The van der Waals surface area contributed by atoms with Crippen LogP contribution < -0.4 is 20.9 Å². The van der Waals surface area contributed by atoms with Gasteiger partial charge < -0.3 is 15.4 Å². The first kappa shape index (κ1) is 36.0. The zero-order chi connectivity index (χ0) is 36.4. The highest BCUT2D eigenvalue weighted by molar-refractivity contribution is 7.99. The fourth-order valence-electron chi connectivity index (χ4n) is 7.20. The molecule has 272 valence electrons. The molecule has 7 rings (SSSR count). The highest BCUT2D eigenvalue weighted by Crippen LogP contribution is 2.39. The number of aromatic nitrogens is 5. The number of carbonyl (C=O) groups is 2. The smallest absolute Gasteiger partial charge is 0.295 e. The number of thiophene rings is 1. The molecule has 2 N–H and O–H groups in total. The minimum absolute atomic E-state index is 0.0885. The number of ether oxygens (including phenoxy) is 1. The van der Waals surface area contributed by atoms with E-state index in [1.165, 1.54) is 34.2 Å². The van der Waals surface area contributed by atoms with Gasteiger partial charge in [0.05, 0.1) is 22.7 Å². The van der Waals surface area contributed by atoms with Crippen molar-refractivity contribution in [2.75, 3.05) is 16.4 Å². The number of fused-ring (bicyclic) bond motifs is 1. The van der Waals surface area contributed by atoms with E-state index < -0.39 is 5.91 Å². The summed E-state index contributed by atoms with van der Waals surface area (Å²) in [6.07, 6.45) is 9.06. The molecule has 5 aromatic rings. The minimum Gasteiger partial charge on any atom is -0.485 e. The monoisotopic (exact) mass is 759 g/mol. The van der Waals surface area contributed by atoms with E-state index in [-0.39, 0.29) is 35.6 Å². The Hall–Kier alpha value is -4.33. The van der Waals surface area contributed by atoms with Gasteiger partial charge in [0, 0.05) is 23.0 Å². The lowest BCUT2D eigenvalue weighted by Gasteiger charge is -2.25. The molecule has 11 nitrogen and oxygen atoms in total. The number of carbonyl (C=O) groups excluding carboxylic acids is 2. The largest absolute Gasteiger partial charge is 0.485 e. The number of hydrogen-bond acceptors (Lipinski definition) is 8. The number of para-hydroxylation sites is 1. The van der Waals surface area contributed by atoms with Crippen LogP contribution in [0.25, 0.3) is 5.69 Å². The summed E-state index contributed by atoms with van der Waals surface area (Å²) in [4.78, 5) is 42.4. The molecular weight excluding hydrogens is 718 g/mol. The second kappa shape index (κ2) is 15.7. The standard InChI is InChI=1S/C38H42ClN7O4S2/c1-23-20-25(39)18-19-29(23)50-21-31-42-43-38(45(31)26-12-6-4-7-13-26)51-22-32(47)40-36-33(28-16-10-11-17-30(28)52-36)35(48)41-34-24(2)44(3)46(37(34)49)27-14-8-5-9-15-27/h5,8-9,14-15,18-20,26H,4,6-7,10-13,16-17,21-22H2,1-3H3,(H,40,47)(H,41,48). The number of thioether (sulfide) groups is 1. The molecule has 0 bridgehead atoms. The Morgan fingerprint density at radius 1 is 1.00 bits per heavy atom. The van der Waals surface area contributed by atoms with Crippen LogP contribution in [-0.4, -0.2) is 41.7 Å². The molecule has 14 heteroatoms. The first-order valence-corrected chi connectivity index (χ1v) is 19.9. The Morgan fingerprint density at radius 3 is 2.54 bits per heavy atom. The Morgan fingerprint density at radius 2 is 1.77 bits per heavy atom. The maximum absolute atomic E-state index is 14.1. The first-order valence-electron chi connectivity index (χ1n) is 17.7. The van der Waals surface area contributed by atoms with Crippen molar-refractivity contribution < 1.29 is 14.3 Å². The maximum atomic E-state index is 14.1. The van der Waals surface area contributed by atoms with Crippen molar-refractivity contribution in [2.24, 2.45) is 7.05 Å². The number of rotatable bonds is 11. The van der Waals surface area contributed by atoms with Gasteiger partial charge >= 0.3 is 0 Å². The molecule has 3 aromatic heterocycles. The molecule has 0 unspecified atom stereocenters. The molecule has 52 heavy (non-hydrogen) atoms. The molecule has 1 saturated carbocycles. The van der Waals surface area contributed by atoms with Gasteiger partial charge in [-0.1, -0.05) is 60.8 Å². The maximum Gasteiger partial charge on any atom is 0.295 e. The molecule has 0 saturated heterocycles. The highest BCUT2D eigenvalue weighted by Gasteiger charge is 2.29. The molecule has 2 amide bonds. The van der Waals surface area contributed by atoms with Crippen molar-refractivity contribution in [1.29, 1.82) is 0 Å². The molecule has 2 aliphatic rings. The van der Waals surface area contributed by atoms with Crippen molar-refractivity contribution in [3.05, 3.63) is 97.0 Å². The Labute approximate surface area is 315 Å². The first-order chi connectivity index (χ1) is 25.2. The van der Waals surface area contributed by atoms with Gasteiger partial charge in [0.2, 0.25) is 5.91 Å². The lowest BCUT2D eigenvalue weighted by Crippen LogP contribution is -2.24. The number of nitrogens with zero attached hydrogens (tertiary/aromatic N) is 5. The van der Waals surface area contributed by atoms with Crippen LogP contribution in [-0.2, 0) is 31.3 Å². The predicted octanol–water partition coefficient (Wildman–Crippen LogP) is 8.05. The van der Waals surface area contributed by atoms with Gasteiger partial charge in [0.25, 0.3) is 11.5 Å². The normalized spacial score (nSPS) is 14.6. The fraction of sp³-hybridized carbons (Fsp3) is 0.395. The molecule has 0 aliphatic heterocycles. The van der Waals surface area contributed by atoms with Gasteiger partial charge in [-0.15, -0.1) is 21.5 Å². The van der Waals surface area contributed by atoms with Gasteiger partial charge in [-0.25, -0.2) is 4.68 Å². The van der Waals surface area contributed by atoms with Crippen LogP contribution in [0, 0.1) is 13.8 Å². The van der Waals surface area contributed by atoms with E-state index in [0.29, 0.717) is 32.1 Å². The van der Waals surface area contributed by atoms with E-state index in [4.69, 9.17) is 16.3 Å². The molecule has 1 fully saturated rings. The van der Waals surface area contributed by atoms with Gasteiger partial charge in [0.1, 0.15) is 23.0 Å². The van der Waals surface area contributed by atoms with Crippen molar-refractivity contribution in [3.63, 3.8) is 0 Å². The second-order valence-corrected chi connectivity index (χ2v) is 15.9. The lowest BCUT2D eigenvalue weighted by atomic mass is 9.95. The molecule has 3 heterocycles. The van der Waals surface area contributed by atoms with Crippen LogP contribution in [0.1, 0.15) is 88.9 Å². The van der Waals surface area contributed by atoms with Crippen molar-refractivity contribution >= 4 is 57.2 Å². The van der Waals surface area contributed by atoms with Crippen molar-refractivity contribution in [1.82, 2.24) is 24.1 Å². The molecular formula is C38H42ClN7O4S2. The summed E-state index contributed by atoms with van der Waals surface area (Å²) in [6, 6.07) is 15.1. The lowest BCUT2D eigenvalue weighted by molar-refractivity contribution is -0.113. The quantitative estimate of drug-likeness (QED) is 0.131. The van der Waals surface area contributed by atoms with Crippen LogP contribution in [0.5, 0.6) is 5.75 Å². The summed E-state index contributed by atoms with van der Waals surface area (Å²) >= 11 is 8.93.